The van der Waals surface area contributed by atoms with E-state index in [-0.39, 0.29) is 24.3 Å². The van der Waals surface area contributed by atoms with Crippen LogP contribution in [0.1, 0.15) is 62.1 Å². The summed E-state index contributed by atoms with van der Waals surface area (Å²) in [5.41, 5.74) is 2.58. The lowest BCUT2D eigenvalue weighted by atomic mass is 9.96. The van der Waals surface area contributed by atoms with E-state index in [1.54, 1.807) is 0 Å². The fourth-order valence-corrected chi connectivity index (χ4v) is 4.48. The maximum Gasteiger partial charge on any atom is 0.222 e. The Morgan fingerprint density at radius 2 is 1.22 bits per heavy atom. The van der Waals surface area contributed by atoms with Gasteiger partial charge in [-0.25, -0.2) is 0 Å². The minimum atomic E-state index is -0.348. The standard InChI is InChI=1S/C27H36N2O3/c30-22-25(31)16-10-2-1-3-11-17-26(32)28-18-20-29(21-19-28)27(23-12-6-4-7-13-23)24-14-8-5-9-15-24/h4-9,12-15,27,30H,1-3,10-11,16-22H2. The molecular formula is C27H36N2O3. The molecule has 0 aromatic heterocycles. The van der Waals surface area contributed by atoms with Crippen molar-refractivity contribution >= 4 is 11.7 Å². The third-order valence-electron chi connectivity index (χ3n) is 6.29. The van der Waals surface area contributed by atoms with Crippen molar-refractivity contribution in [1.29, 1.82) is 0 Å². The summed E-state index contributed by atoms with van der Waals surface area (Å²) >= 11 is 0. The Bertz CT molecular complexity index is 778. The van der Waals surface area contributed by atoms with Gasteiger partial charge in [0.25, 0.3) is 0 Å². The number of rotatable bonds is 12. The van der Waals surface area contributed by atoms with Crippen LogP contribution in [-0.4, -0.2) is 59.4 Å². The lowest BCUT2D eigenvalue weighted by molar-refractivity contribution is -0.133. The molecule has 0 aliphatic carbocycles. The summed E-state index contributed by atoms with van der Waals surface area (Å²) < 4.78 is 0. The van der Waals surface area contributed by atoms with Crippen LogP contribution in [0.15, 0.2) is 60.7 Å². The summed E-state index contributed by atoms with van der Waals surface area (Å²) in [4.78, 5) is 28.3. The summed E-state index contributed by atoms with van der Waals surface area (Å²) in [5.74, 6) is 0.178. The van der Waals surface area contributed by atoms with Gasteiger partial charge in [-0.3, -0.25) is 14.5 Å². The van der Waals surface area contributed by atoms with Crippen molar-refractivity contribution in [3.63, 3.8) is 0 Å². The number of carbonyl (C=O) groups is 2. The van der Waals surface area contributed by atoms with Gasteiger partial charge in [-0.05, 0) is 24.0 Å². The summed E-state index contributed by atoms with van der Waals surface area (Å²) in [6.45, 7) is 2.95. The van der Waals surface area contributed by atoms with Crippen LogP contribution in [0.2, 0.25) is 0 Å². The average Bonchev–Trinajstić information content (AvgIpc) is 2.85. The van der Waals surface area contributed by atoms with Crippen molar-refractivity contribution < 1.29 is 14.7 Å². The molecule has 1 N–H and O–H groups in total. The minimum Gasteiger partial charge on any atom is -0.389 e. The van der Waals surface area contributed by atoms with E-state index in [4.69, 9.17) is 5.11 Å². The molecule has 1 saturated heterocycles. The zero-order valence-electron chi connectivity index (χ0n) is 19.0. The number of piperazine rings is 1. The van der Waals surface area contributed by atoms with Gasteiger partial charge in [0, 0.05) is 39.0 Å². The van der Waals surface area contributed by atoms with Gasteiger partial charge < -0.3 is 10.0 Å². The van der Waals surface area contributed by atoms with Crippen molar-refractivity contribution in [2.45, 2.75) is 51.0 Å². The molecular weight excluding hydrogens is 400 g/mol. The average molecular weight is 437 g/mol. The van der Waals surface area contributed by atoms with Crippen molar-refractivity contribution in [1.82, 2.24) is 9.80 Å². The fourth-order valence-electron chi connectivity index (χ4n) is 4.48. The molecule has 0 unspecified atom stereocenters. The summed E-state index contributed by atoms with van der Waals surface area (Å²) in [6.07, 6.45) is 5.85. The van der Waals surface area contributed by atoms with Crippen LogP contribution < -0.4 is 0 Å². The predicted molar refractivity (Wildman–Crippen MR) is 127 cm³/mol. The van der Waals surface area contributed by atoms with Gasteiger partial charge in [-0.15, -0.1) is 0 Å². The Morgan fingerprint density at radius 1 is 0.719 bits per heavy atom. The van der Waals surface area contributed by atoms with E-state index < -0.39 is 0 Å². The second kappa shape index (κ2) is 13.1. The summed E-state index contributed by atoms with van der Waals surface area (Å²) in [6, 6.07) is 21.4. The van der Waals surface area contributed by atoms with Crippen molar-refractivity contribution in [3.8, 4) is 0 Å². The number of benzene rings is 2. The molecule has 1 fully saturated rings. The highest BCUT2D eigenvalue weighted by Crippen LogP contribution is 2.29. The molecule has 3 rings (SSSR count). The van der Waals surface area contributed by atoms with Crippen molar-refractivity contribution in [2.75, 3.05) is 32.8 Å². The Labute approximate surface area is 192 Å². The normalized spacial score (nSPS) is 14.6. The highest BCUT2D eigenvalue weighted by atomic mass is 16.3. The highest BCUT2D eigenvalue weighted by molar-refractivity contribution is 5.79. The first-order chi connectivity index (χ1) is 15.7. The summed E-state index contributed by atoms with van der Waals surface area (Å²) in [7, 11) is 0. The number of aliphatic hydroxyl groups is 1. The number of unbranched alkanes of at least 4 members (excludes halogenated alkanes) is 4. The van der Waals surface area contributed by atoms with E-state index in [0.29, 0.717) is 12.8 Å². The number of aliphatic hydroxyl groups excluding tert-OH is 1. The number of carbonyl (C=O) groups excluding carboxylic acids is 2. The zero-order chi connectivity index (χ0) is 22.6. The Hall–Kier alpha value is -2.50. The molecule has 0 saturated carbocycles. The van der Waals surface area contributed by atoms with Crippen LogP contribution in [0, 0.1) is 0 Å². The third kappa shape index (κ3) is 7.28. The van der Waals surface area contributed by atoms with E-state index in [9.17, 15) is 9.59 Å². The second-order valence-corrected chi connectivity index (χ2v) is 8.61. The number of nitrogens with zero attached hydrogens (tertiary/aromatic N) is 2. The molecule has 1 heterocycles. The number of ketones is 1. The van der Waals surface area contributed by atoms with Gasteiger partial charge in [0.2, 0.25) is 5.91 Å². The van der Waals surface area contributed by atoms with Crippen LogP contribution in [0.5, 0.6) is 0 Å². The van der Waals surface area contributed by atoms with Gasteiger partial charge in [0.15, 0.2) is 5.78 Å². The molecule has 0 radical (unpaired) electrons. The molecule has 0 bridgehead atoms. The predicted octanol–water partition coefficient (Wildman–Crippen LogP) is 4.21. The highest BCUT2D eigenvalue weighted by Gasteiger charge is 2.27. The Balaban J connectivity index is 1.43. The number of hydrogen-bond acceptors (Lipinski definition) is 4. The molecule has 0 atom stereocenters. The van der Waals surface area contributed by atoms with Crippen LogP contribution in [0.4, 0.5) is 0 Å². The first kappa shape index (κ1) is 24.1. The summed E-state index contributed by atoms with van der Waals surface area (Å²) in [5, 5.41) is 8.73. The second-order valence-electron chi connectivity index (χ2n) is 8.61. The van der Waals surface area contributed by atoms with Gasteiger partial charge in [0.05, 0.1) is 6.04 Å². The Morgan fingerprint density at radius 3 is 1.75 bits per heavy atom. The Kier molecular flexibility index (Phi) is 9.92. The van der Waals surface area contributed by atoms with Crippen LogP contribution >= 0.6 is 0 Å². The monoisotopic (exact) mass is 436 g/mol. The molecule has 2 aromatic carbocycles. The van der Waals surface area contributed by atoms with E-state index in [0.717, 1.165) is 58.3 Å². The lowest BCUT2D eigenvalue weighted by Crippen LogP contribution is -2.49. The number of amides is 1. The van der Waals surface area contributed by atoms with Gasteiger partial charge in [-0.2, -0.15) is 0 Å². The number of Topliss-reactive ketones (excluding diaryl/α,β-unsaturated/α-hetero) is 1. The van der Waals surface area contributed by atoms with Gasteiger partial charge in [-0.1, -0.05) is 79.9 Å². The minimum absolute atomic E-state index is 0.0823. The van der Waals surface area contributed by atoms with Crippen LogP contribution in [-0.2, 0) is 9.59 Å². The maximum absolute atomic E-state index is 12.7. The molecule has 1 aliphatic rings. The first-order valence-corrected chi connectivity index (χ1v) is 11.9. The van der Waals surface area contributed by atoms with Gasteiger partial charge in [0.1, 0.15) is 6.61 Å². The van der Waals surface area contributed by atoms with Crippen LogP contribution in [0.25, 0.3) is 0 Å². The first-order valence-electron chi connectivity index (χ1n) is 11.9. The van der Waals surface area contributed by atoms with E-state index >= 15 is 0 Å². The fraction of sp³-hybridized carbons (Fsp3) is 0.481. The third-order valence-corrected chi connectivity index (χ3v) is 6.29. The van der Waals surface area contributed by atoms with E-state index in [1.165, 1.54) is 11.1 Å². The van der Waals surface area contributed by atoms with Crippen molar-refractivity contribution in [2.24, 2.45) is 0 Å². The topological polar surface area (TPSA) is 60.9 Å². The molecule has 2 aromatic rings. The molecule has 5 heteroatoms. The van der Waals surface area contributed by atoms with E-state index in [2.05, 4.69) is 65.6 Å². The molecule has 1 amide bonds. The smallest absolute Gasteiger partial charge is 0.222 e. The lowest BCUT2D eigenvalue weighted by Gasteiger charge is -2.40. The molecule has 0 spiro atoms. The van der Waals surface area contributed by atoms with E-state index in [1.807, 2.05) is 4.90 Å². The van der Waals surface area contributed by atoms with Crippen LogP contribution in [0.3, 0.4) is 0 Å². The number of hydrogen-bond donors (Lipinski definition) is 1. The quantitative estimate of drug-likeness (QED) is 0.506. The molecule has 172 valence electrons. The zero-order valence-corrected chi connectivity index (χ0v) is 19.0. The van der Waals surface area contributed by atoms with Gasteiger partial charge >= 0.3 is 0 Å². The SMILES string of the molecule is O=C(CO)CCCCCCCC(=O)N1CCN(C(c2ccccc2)c2ccccc2)CC1. The maximum atomic E-state index is 12.7. The molecule has 1 aliphatic heterocycles. The molecule has 32 heavy (non-hydrogen) atoms. The molecule has 5 nitrogen and oxygen atoms in total. The van der Waals surface area contributed by atoms with Crippen molar-refractivity contribution in [3.05, 3.63) is 71.8 Å². The largest absolute Gasteiger partial charge is 0.389 e.